The SMILES string of the molecule is CCN(CC)C(=O)CP12(OC(C(F)(F)F)(C(F)(F)F)c3ccccc31)OC(C(F)(F)F)(C(F)(F)F)c1ccccc12. The maximum absolute atomic E-state index is 14.6. The predicted octanol–water partition coefficient (Wildman–Crippen LogP) is 6.59. The zero-order valence-corrected chi connectivity index (χ0v) is 21.8. The summed E-state index contributed by atoms with van der Waals surface area (Å²) in [5.41, 5.74) is -14.5. The van der Waals surface area contributed by atoms with Crippen molar-refractivity contribution in [1.82, 2.24) is 4.90 Å². The van der Waals surface area contributed by atoms with Crippen molar-refractivity contribution in [3.8, 4) is 0 Å². The summed E-state index contributed by atoms with van der Waals surface area (Å²) >= 11 is 0. The van der Waals surface area contributed by atoms with Crippen LogP contribution >= 0.6 is 7.06 Å². The Labute approximate surface area is 224 Å². The van der Waals surface area contributed by atoms with E-state index in [1.807, 2.05) is 0 Å². The van der Waals surface area contributed by atoms with E-state index in [2.05, 4.69) is 0 Å². The first-order valence-electron chi connectivity index (χ1n) is 11.8. The van der Waals surface area contributed by atoms with Gasteiger partial charge < -0.3 is 0 Å². The van der Waals surface area contributed by atoms with Crippen LogP contribution in [0.2, 0.25) is 0 Å². The Bertz CT molecular complexity index is 1240. The molecule has 0 aromatic heterocycles. The molecule has 1 spiro atoms. The fourth-order valence-electron chi connectivity index (χ4n) is 5.65. The Morgan fingerprint density at radius 3 is 1.27 bits per heavy atom. The van der Waals surface area contributed by atoms with Crippen LogP contribution in [0.5, 0.6) is 0 Å². The van der Waals surface area contributed by atoms with Crippen molar-refractivity contribution in [3.63, 3.8) is 0 Å². The van der Waals surface area contributed by atoms with Crippen LogP contribution in [-0.4, -0.2) is 54.8 Å². The molecule has 0 N–H and O–H groups in total. The van der Waals surface area contributed by atoms with Crippen molar-refractivity contribution in [2.24, 2.45) is 0 Å². The van der Waals surface area contributed by atoms with Crippen molar-refractivity contribution in [3.05, 3.63) is 59.7 Å². The summed E-state index contributed by atoms with van der Waals surface area (Å²) in [5, 5.41) is -2.70. The van der Waals surface area contributed by atoms with Crippen molar-refractivity contribution >= 4 is 23.6 Å². The zero-order valence-electron chi connectivity index (χ0n) is 20.9. The first kappa shape index (κ1) is 31.4. The van der Waals surface area contributed by atoms with E-state index < -0.39 is 76.8 Å². The average molecular weight is 629 g/mol. The summed E-state index contributed by atoms with van der Waals surface area (Å²) in [6.45, 7) is 2.20. The number of rotatable bonds is 4. The van der Waals surface area contributed by atoms with Crippen molar-refractivity contribution in [2.75, 3.05) is 19.3 Å². The van der Waals surface area contributed by atoms with E-state index in [1.165, 1.54) is 13.8 Å². The number of hydrogen-bond donors (Lipinski definition) is 0. The van der Waals surface area contributed by atoms with E-state index in [-0.39, 0.29) is 25.2 Å². The molecule has 228 valence electrons. The van der Waals surface area contributed by atoms with Gasteiger partial charge in [-0.15, -0.1) is 0 Å². The molecular weight excluding hydrogens is 609 g/mol. The number of hydrogen-bond acceptors (Lipinski definition) is 3. The van der Waals surface area contributed by atoms with Crippen LogP contribution in [0.1, 0.15) is 25.0 Å². The molecule has 0 atom stereocenters. The van der Waals surface area contributed by atoms with Gasteiger partial charge in [-0.2, -0.15) is 0 Å². The van der Waals surface area contributed by atoms with Crippen molar-refractivity contribution in [1.29, 1.82) is 0 Å². The number of carbonyl (C=O) groups is 1. The van der Waals surface area contributed by atoms with E-state index in [4.69, 9.17) is 9.05 Å². The summed E-state index contributed by atoms with van der Waals surface area (Å²) in [5.74, 6) is -1.38. The molecule has 2 aromatic carbocycles. The van der Waals surface area contributed by atoms with Gasteiger partial charge in [-0.05, 0) is 0 Å². The van der Waals surface area contributed by atoms with E-state index in [1.54, 1.807) is 0 Å². The van der Waals surface area contributed by atoms with Gasteiger partial charge in [0.2, 0.25) is 0 Å². The molecule has 2 aliphatic rings. The summed E-state index contributed by atoms with van der Waals surface area (Å²) in [6.07, 6.45) is -27.7. The van der Waals surface area contributed by atoms with Crippen LogP contribution in [0.25, 0.3) is 0 Å². The molecular formula is C24H20F12NO3P. The molecule has 0 saturated heterocycles. The molecule has 2 aliphatic heterocycles. The molecule has 0 aliphatic carbocycles. The van der Waals surface area contributed by atoms with Gasteiger partial charge in [-0.25, -0.2) is 0 Å². The molecule has 2 aromatic rings. The molecule has 0 fully saturated rings. The molecule has 4 rings (SSSR count). The number of halogens is 12. The molecule has 1 amide bonds. The minimum atomic E-state index is -7.04. The Morgan fingerprint density at radius 1 is 0.659 bits per heavy atom. The average Bonchev–Trinajstić information content (AvgIpc) is 3.27. The van der Waals surface area contributed by atoms with Gasteiger partial charge in [0.25, 0.3) is 0 Å². The predicted molar refractivity (Wildman–Crippen MR) is 122 cm³/mol. The maximum atomic E-state index is 14.6. The molecule has 0 saturated carbocycles. The number of benzene rings is 2. The fourth-order valence-corrected chi connectivity index (χ4v) is 11.5. The zero-order chi connectivity index (χ0) is 31.1. The third-order valence-corrected chi connectivity index (χ3v) is 12.2. The van der Waals surface area contributed by atoms with Gasteiger partial charge in [0, 0.05) is 0 Å². The molecule has 4 nitrogen and oxygen atoms in total. The van der Waals surface area contributed by atoms with Gasteiger partial charge >= 0.3 is 224 Å². The van der Waals surface area contributed by atoms with Crippen LogP contribution in [0, 0.1) is 0 Å². The summed E-state index contributed by atoms with van der Waals surface area (Å²) in [4.78, 5) is 14.3. The van der Waals surface area contributed by atoms with Crippen LogP contribution < -0.4 is 10.6 Å². The first-order chi connectivity index (χ1) is 18.6. The Hall–Kier alpha value is -2.58. The van der Waals surface area contributed by atoms with E-state index >= 15 is 0 Å². The number of fused-ring (bicyclic) bond motifs is 4. The topological polar surface area (TPSA) is 38.8 Å². The van der Waals surface area contributed by atoms with Gasteiger partial charge in [-0.3, -0.25) is 0 Å². The number of alkyl halides is 12. The second kappa shape index (κ2) is 8.96. The third-order valence-electron chi connectivity index (χ3n) is 7.34. The van der Waals surface area contributed by atoms with Crippen LogP contribution in [0.15, 0.2) is 48.5 Å². The number of nitrogens with zero attached hydrogens (tertiary/aromatic N) is 1. The van der Waals surface area contributed by atoms with Gasteiger partial charge in [0.15, 0.2) is 0 Å². The van der Waals surface area contributed by atoms with Crippen LogP contribution in [-0.2, 0) is 25.0 Å². The quantitative estimate of drug-likeness (QED) is 0.283. The molecule has 0 unspecified atom stereocenters. The first-order valence-corrected chi connectivity index (χ1v) is 14.0. The summed E-state index contributed by atoms with van der Waals surface area (Å²) in [6, 6.07) is 4.45. The van der Waals surface area contributed by atoms with Crippen molar-refractivity contribution < 1.29 is 66.5 Å². The van der Waals surface area contributed by atoms with E-state index in [9.17, 15) is 57.5 Å². The Morgan fingerprint density at radius 2 is 0.976 bits per heavy atom. The molecule has 41 heavy (non-hydrogen) atoms. The van der Waals surface area contributed by atoms with Crippen LogP contribution in [0.4, 0.5) is 52.7 Å². The van der Waals surface area contributed by atoms with E-state index in [0.29, 0.717) is 24.3 Å². The minimum absolute atomic E-state index is 0.238. The van der Waals surface area contributed by atoms with Gasteiger partial charge in [0.1, 0.15) is 0 Å². The number of carbonyl (C=O) groups excluding carboxylic acids is 1. The second-order valence-corrected chi connectivity index (χ2v) is 13.3. The molecule has 17 heteroatoms. The third kappa shape index (κ3) is 3.78. The standard InChI is InChI=1S/C24H20F12NO3P/c1-3-37(4-2)18(38)13-41(16-11-7-5-9-14(16)19(39-41,21(25,26)27)22(28,29)30)17-12-8-6-10-15(17)20(40-41,23(31,32)33)24(34,35)36/h5-12H,3-4,13H2,1-2H3. The molecule has 2 heterocycles. The Balaban J connectivity index is 2.30. The van der Waals surface area contributed by atoms with Crippen LogP contribution in [0.3, 0.4) is 0 Å². The van der Waals surface area contributed by atoms with Gasteiger partial charge in [-0.1, -0.05) is 0 Å². The monoisotopic (exact) mass is 629 g/mol. The van der Waals surface area contributed by atoms with Gasteiger partial charge in [0.05, 0.1) is 0 Å². The summed E-state index contributed by atoms with van der Waals surface area (Å²) in [7, 11) is -7.04. The normalized spacial score (nSPS) is 21.6. The van der Waals surface area contributed by atoms with E-state index in [0.717, 1.165) is 17.0 Å². The summed E-state index contributed by atoms with van der Waals surface area (Å²) < 4.78 is 185. The molecule has 0 bridgehead atoms. The van der Waals surface area contributed by atoms with Crippen molar-refractivity contribution in [2.45, 2.75) is 49.8 Å². The second-order valence-electron chi connectivity index (χ2n) is 9.42. The number of amides is 1. The Kier molecular flexibility index (Phi) is 6.85. The molecule has 0 radical (unpaired) electrons. The fraction of sp³-hybridized carbons (Fsp3) is 0.458.